The average Bonchev–Trinajstić information content (AvgIpc) is 2.78. The minimum absolute atomic E-state index is 0.0294. The molecule has 0 saturated carbocycles. The Morgan fingerprint density at radius 1 is 1.18 bits per heavy atom. The van der Waals surface area contributed by atoms with E-state index in [-0.39, 0.29) is 40.1 Å². The Balaban J connectivity index is 1.93. The van der Waals surface area contributed by atoms with E-state index < -0.39 is 15.8 Å². The standard InChI is InChI=1S/C23H30FN3O5S/c1-15-12-25-16(2)14-32-21-10-7-18(11-20(21)23(28)27(3)13-22(15)31-4)26-33(29,30)19-8-5-17(24)6-9-19/h5-11,15-16,22,25-26H,12-14H2,1-4H3/t15-,16+,22+/m1/s1. The van der Waals surface area contributed by atoms with Crippen LogP contribution in [0.3, 0.4) is 0 Å². The van der Waals surface area contributed by atoms with Gasteiger partial charge in [0, 0.05) is 39.0 Å². The molecule has 2 aromatic carbocycles. The Kier molecular flexibility index (Phi) is 7.93. The summed E-state index contributed by atoms with van der Waals surface area (Å²) < 4.78 is 52.6. The Labute approximate surface area is 194 Å². The molecule has 10 heteroatoms. The number of carbonyl (C=O) groups excluding carboxylic acids is 1. The number of ether oxygens (including phenoxy) is 2. The number of amides is 1. The number of nitrogens with zero attached hydrogens (tertiary/aromatic N) is 1. The van der Waals surface area contributed by atoms with Gasteiger partial charge in [0.15, 0.2) is 0 Å². The lowest BCUT2D eigenvalue weighted by Crippen LogP contribution is -2.44. The molecular weight excluding hydrogens is 449 g/mol. The molecule has 1 aliphatic heterocycles. The highest BCUT2D eigenvalue weighted by Gasteiger charge is 2.26. The number of nitrogens with one attached hydrogen (secondary N) is 2. The van der Waals surface area contributed by atoms with Crippen molar-refractivity contribution in [3.63, 3.8) is 0 Å². The van der Waals surface area contributed by atoms with Crippen molar-refractivity contribution in [1.82, 2.24) is 10.2 Å². The Hall–Kier alpha value is -2.69. The molecule has 8 nitrogen and oxygen atoms in total. The van der Waals surface area contributed by atoms with E-state index in [2.05, 4.69) is 17.0 Å². The average molecular weight is 480 g/mol. The molecule has 0 spiro atoms. The van der Waals surface area contributed by atoms with Gasteiger partial charge in [-0.15, -0.1) is 0 Å². The number of hydrogen-bond acceptors (Lipinski definition) is 6. The van der Waals surface area contributed by atoms with Crippen LogP contribution in [0.2, 0.25) is 0 Å². The van der Waals surface area contributed by atoms with Gasteiger partial charge in [0.05, 0.1) is 16.6 Å². The molecule has 1 aliphatic rings. The number of sulfonamides is 1. The molecule has 0 aliphatic carbocycles. The van der Waals surface area contributed by atoms with Crippen molar-refractivity contribution < 1.29 is 27.1 Å². The van der Waals surface area contributed by atoms with E-state index in [1.165, 1.54) is 29.2 Å². The van der Waals surface area contributed by atoms with Crippen molar-refractivity contribution in [2.75, 3.05) is 38.6 Å². The molecular formula is C23H30FN3O5S. The molecule has 0 saturated heterocycles. The first-order chi connectivity index (χ1) is 15.6. The van der Waals surface area contributed by atoms with Gasteiger partial charge in [-0.2, -0.15) is 0 Å². The second-order valence-corrected chi connectivity index (χ2v) is 10.0. The second-order valence-electron chi connectivity index (χ2n) is 8.33. The van der Waals surface area contributed by atoms with E-state index in [0.717, 1.165) is 12.1 Å². The minimum Gasteiger partial charge on any atom is -0.491 e. The summed E-state index contributed by atoms with van der Waals surface area (Å²) in [5, 5.41) is 3.41. The summed E-state index contributed by atoms with van der Waals surface area (Å²) in [7, 11) is -0.681. The number of anilines is 1. The molecule has 2 aromatic rings. The molecule has 0 fully saturated rings. The summed E-state index contributed by atoms with van der Waals surface area (Å²) >= 11 is 0. The summed E-state index contributed by atoms with van der Waals surface area (Å²) in [4.78, 5) is 14.7. The third-order valence-electron chi connectivity index (χ3n) is 5.60. The van der Waals surface area contributed by atoms with Crippen molar-refractivity contribution in [1.29, 1.82) is 0 Å². The zero-order chi connectivity index (χ0) is 24.2. The third-order valence-corrected chi connectivity index (χ3v) is 7.00. The fraction of sp³-hybridized carbons (Fsp3) is 0.435. The number of hydrogen-bond donors (Lipinski definition) is 2. The van der Waals surface area contributed by atoms with Gasteiger partial charge >= 0.3 is 0 Å². The van der Waals surface area contributed by atoms with E-state index in [1.807, 2.05) is 6.92 Å². The van der Waals surface area contributed by atoms with Gasteiger partial charge in [-0.3, -0.25) is 9.52 Å². The van der Waals surface area contributed by atoms with E-state index in [1.54, 1.807) is 20.2 Å². The highest BCUT2D eigenvalue weighted by Crippen LogP contribution is 2.27. The van der Waals surface area contributed by atoms with Crippen LogP contribution in [0.5, 0.6) is 5.75 Å². The lowest BCUT2D eigenvalue weighted by Gasteiger charge is -2.30. The summed E-state index contributed by atoms with van der Waals surface area (Å²) in [5.74, 6) is -0.344. The highest BCUT2D eigenvalue weighted by molar-refractivity contribution is 7.92. The highest BCUT2D eigenvalue weighted by atomic mass is 32.2. The number of benzene rings is 2. The Morgan fingerprint density at radius 3 is 2.55 bits per heavy atom. The maximum atomic E-state index is 13.3. The van der Waals surface area contributed by atoms with Crippen LogP contribution in [0.1, 0.15) is 24.2 Å². The predicted molar refractivity (Wildman–Crippen MR) is 124 cm³/mol. The summed E-state index contributed by atoms with van der Waals surface area (Å²) in [6, 6.07) is 9.06. The monoisotopic (exact) mass is 479 g/mol. The number of likely N-dealkylation sites (N-methyl/N-ethyl adjacent to an activating group) is 1. The van der Waals surface area contributed by atoms with Crippen molar-refractivity contribution in [3.05, 3.63) is 53.8 Å². The van der Waals surface area contributed by atoms with Gasteiger partial charge in [0.25, 0.3) is 15.9 Å². The molecule has 0 bridgehead atoms. The molecule has 0 radical (unpaired) electrons. The van der Waals surface area contributed by atoms with Crippen molar-refractivity contribution >= 4 is 21.6 Å². The summed E-state index contributed by atoms with van der Waals surface area (Å²) in [5.41, 5.74) is 0.422. The topological polar surface area (TPSA) is 97.0 Å². The first kappa shape index (κ1) is 24.9. The van der Waals surface area contributed by atoms with Gasteiger partial charge in [-0.05, 0) is 55.3 Å². The Bertz CT molecular complexity index is 1080. The van der Waals surface area contributed by atoms with Gasteiger partial charge in [0.2, 0.25) is 0 Å². The molecule has 1 heterocycles. The zero-order valence-electron chi connectivity index (χ0n) is 19.2. The molecule has 33 heavy (non-hydrogen) atoms. The van der Waals surface area contributed by atoms with Crippen molar-refractivity contribution in [3.8, 4) is 5.75 Å². The maximum Gasteiger partial charge on any atom is 0.261 e. The van der Waals surface area contributed by atoms with Crippen LogP contribution in [0, 0.1) is 11.7 Å². The quantitative estimate of drug-likeness (QED) is 0.700. The van der Waals surface area contributed by atoms with E-state index in [0.29, 0.717) is 25.4 Å². The number of halogens is 1. The smallest absolute Gasteiger partial charge is 0.261 e. The molecule has 2 N–H and O–H groups in total. The molecule has 0 aromatic heterocycles. The number of fused-ring (bicyclic) bond motifs is 1. The largest absolute Gasteiger partial charge is 0.491 e. The molecule has 180 valence electrons. The second kappa shape index (κ2) is 10.5. The predicted octanol–water partition coefficient (Wildman–Crippen LogP) is 2.72. The molecule has 1 amide bonds. The first-order valence-corrected chi connectivity index (χ1v) is 12.2. The van der Waals surface area contributed by atoms with Crippen LogP contribution in [-0.2, 0) is 14.8 Å². The van der Waals surface area contributed by atoms with Crippen LogP contribution in [0.4, 0.5) is 10.1 Å². The fourth-order valence-corrected chi connectivity index (χ4v) is 4.60. The van der Waals surface area contributed by atoms with E-state index >= 15 is 0 Å². The molecule has 3 atom stereocenters. The van der Waals surface area contributed by atoms with Gasteiger partial charge in [0.1, 0.15) is 18.2 Å². The van der Waals surface area contributed by atoms with E-state index in [9.17, 15) is 17.6 Å². The van der Waals surface area contributed by atoms with Gasteiger partial charge < -0.3 is 19.7 Å². The normalized spacial score (nSPS) is 22.5. The van der Waals surface area contributed by atoms with Gasteiger partial charge in [-0.1, -0.05) is 6.92 Å². The van der Waals surface area contributed by atoms with Crippen LogP contribution in [0.25, 0.3) is 0 Å². The van der Waals surface area contributed by atoms with Crippen molar-refractivity contribution in [2.45, 2.75) is 30.9 Å². The first-order valence-electron chi connectivity index (χ1n) is 10.7. The lowest BCUT2D eigenvalue weighted by molar-refractivity contribution is 0.0281. The zero-order valence-corrected chi connectivity index (χ0v) is 20.0. The van der Waals surface area contributed by atoms with Gasteiger partial charge in [-0.25, -0.2) is 12.8 Å². The SMILES string of the molecule is CO[C@H]1CN(C)C(=O)c2cc(NS(=O)(=O)c3ccc(F)cc3)ccc2OC[C@H](C)NC[C@H]1C. The minimum atomic E-state index is -3.97. The summed E-state index contributed by atoms with van der Waals surface area (Å²) in [6.45, 7) is 5.43. The maximum absolute atomic E-state index is 13.3. The third kappa shape index (κ3) is 6.21. The number of methoxy groups -OCH3 is 1. The van der Waals surface area contributed by atoms with Crippen molar-refractivity contribution in [2.24, 2.45) is 5.92 Å². The summed E-state index contributed by atoms with van der Waals surface area (Å²) in [6.07, 6.45) is -0.178. The lowest BCUT2D eigenvalue weighted by atomic mass is 10.0. The van der Waals surface area contributed by atoms with Crippen LogP contribution < -0.4 is 14.8 Å². The number of rotatable bonds is 4. The number of carbonyl (C=O) groups is 1. The molecule has 0 unspecified atom stereocenters. The van der Waals surface area contributed by atoms with Crippen LogP contribution >= 0.6 is 0 Å². The van der Waals surface area contributed by atoms with E-state index in [4.69, 9.17) is 9.47 Å². The Morgan fingerprint density at radius 2 is 1.88 bits per heavy atom. The van der Waals surface area contributed by atoms with Crippen LogP contribution in [0.15, 0.2) is 47.4 Å². The van der Waals surface area contributed by atoms with Crippen LogP contribution in [-0.4, -0.2) is 65.2 Å². The molecule has 3 rings (SSSR count). The fourth-order valence-electron chi connectivity index (χ4n) is 3.55.